The van der Waals surface area contributed by atoms with Gasteiger partial charge >= 0.3 is 0 Å². The van der Waals surface area contributed by atoms with Gasteiger partial charge in [0.15, 0.2) is 0 Å². The predicted molar refractivity (Wildman–Crippen MR) is 107 cm³/mol. The van der Waals surface area contributed by atoms with Crippen LogP contribution in [0.2, 0.25) is 0 Å². The number of hydrogen-bond donors (Lipinski definition) is 0. The van der Waals surface area contributed by atoms with Crippen LogP contribution in [0.25, 0.3) is 0 Å². The van der Waals surface area contributed by atoms with Gasteiger partial charge < -0.3 is 9.30 Å². The van der Waals surface area contributed by atoms with E-state index in [9.17, 15) is 10.1 Å². The highest BCUT2D eigenvalue weighted by molar-refractivity contribution is 14.1. The van der Waals surface area contributed by atoms with Gasteiger partial charge in [0.2, 0.25) is 0 Å². The second-order valence-electron chi connectivity index (χ2n) is 5.88. The Bertz CT molecular complexity index is 1010. The van der Waals surface area contributed by atoms with Crippen LogP contribution in [0.15, 0.2) is 55.0 Å². The van der Waals surface area contributed by atoms with Crippen molar-refractivity contribution < 1.29 is 9.66 Å². The van der Waals surface area contributed by atoms with Crippen LogP contribution in [0.3, 0.4) is 0 Å². The maximum atomic E-state index is 11.3. The molecule has 0 N–H and O–H groups in total. The highest BCUT2D eigenvalue weighted by Crippen LogP contribution is 2.29. The van der Waals surface area contributed by atoms with Crippen LogP contribution in [-0.4, -0.2) is 14.5 Å². The van der Waals surface area contributed by atoms with Crippen molar-refractivity contribution >= 4 is 28.3 Å². The number of rotatable bonds is 6. The minimum absolute atomic E-state index is 0.0329. The molecular formula is C19H15IN4O3. The maximum Gasteiger partial charge on any atom is 0.275 e. The molecule has 2 aromatic carbocycles. The zero-order valence-electron chi connectivity index (χ0n) is 14.4. The topological polar surface area (TPSA) is 94.0 Å². The number of aryl methyl sites for hydroxylation is 1. The first kappa shape index (κ1) is 19.0. The van der Waals surface area contributed by atoms with Crippen LogP contribution in [0.4, 0.5) is 5.69 Å². The first-order valence-corrected chi connectivity index (χ1v) is 9.08. The lowest BCUT2D eigenvalue weighted by atomic mass is 10.0. The minimum Gasteiger partial charge on any atom is -0.362 e. The monoisotopic (exact) mass is 474 g/mol. The second-order valence-corrected chi connectivity index (χ2v) is 7.13. The van der Waals surface area contributed by atoms with Gasteiger partial charge in [-0.3, -0.25) is 10.1 Å². The summed E-state index contributed by atoms with van der Waals surface area (Å²) >= 11 is 2.04. The number of nitro groups is 1. The van der Waals surface area contributed by atoms with E-state index >= 15 is 0 Å². The Labute approximate surface area is 169 Å². The van der Waals surface area contributed by atoms with Crippen molar-refractivity contribution in [2.45, 2.75) is 12.7 Å². The maximum absolute atomic E-state index is 11.3. The number of ether oxygens (including phenoxy) is 1. The van der Waals surface area contributed by atoms with E-state index in [1.165, 1.54) is 6.07 Å². The Balaban J connectivity index is 1.92. The largest absolute Gasteiger partial charge is 0.362 e. The molecule has 0 saturated carbocycles. The van der Waals surface area contributed by atoms with Gasteiger partial charge in [0, 0.05) is 16.7 Å². The number of hydrogen-bond acceptors (Lipinski definition) is 5. The van der Waals surface area contributed by atoms with E-state index in [2.05, 4.69) is 11.1 Å². The lowest BCUT2D eigenvalue weighted by molar-refractivity contribution is -0.386. The molecule has 1 heterocycles. The number of halogens is 1. The third-order valence-corrected chi connectivity index (χ3v) is 4.79. The summed E-state index contributed by atoms with van der Waals surface area (Å²) in [5.41, 5.74) is 2.74. The molecular weight excluding hydrogens is 459 g/mol. The standard InChI is InChI=1S/C19H15IN4O3/c1-23-12-22-10-18(23)19(14-4-2-13(9-21)3-5-14)27-11-15-6-7-16(20)8-17(15)24(25)26/h2-8,10,12,19H,11H2,1H3. The molecule has 8 heteroatoms. The highest BCUT2D eigenvalue weighted by atomic mass is 127. The Hall–Kier alpha value is -2.77. The molecule has 1 aromatic heterocycles. The molecule has 0 aliphatic carbocycles. The smallest absolute Gasteiger partial charge is 0.275 e. The van der Waals surface area contributed by atoms with E-state index in [-0.39, 0.29) is 12.3 Å². The molecule has 3 rings (SSSR count). The summed E-state index contributed by atoms with van der Waals surface area (Å²) in [4.78, 5) is 15.1. The zero-order chi connectivity index (χ0) is 19.4. The van der Waals surface area contributed by atoms with Gasteiger partial charge in [0.05, 0.1) is 46.9 Å². The third kappa shape index (κ3) is 4.32. The van der Waals surface area contributed by atoms with Crippen LogP contribution < -0.4 is 0 Å². The SMILES string of the molecule is Cn1cncc1C(OCc1ccc(I)cc1[N+](=O)[O-])c1ccc(C#N)cc1. The third-order valence-electron chi connectivity index (χ3n) is 4.11. The fourth-order valence-electron chi connectivity index (χ4n) is 2.71. The summed E-state index contributed by atoms with van der Waals surface area (Å²) in [6.07, 6.45) is 2.90. The fourth-order valence-corrected chi connectivity index (χ4v) is 3.18. The van der Waals surface area contributed by atoms with Gasteiger partial charge in [0.1, 0.15) is 6.10 Å². The van der Waals surface area contributed by atoms with E-state index in [1.54, 1.807) is 30.7 Å². The van der Waals surface area contributed by atoms with E-state index < -0.39 is 11.0 Å². The zero-order valence-corrected chi connectivity index (χ0v) is 16.5. The first-order chi connectivity index (χ1) is 13.0. The molecule has 0 aliphatic rings. The lowest BCUT2D eigenvalue weighted by Gasteiger charge is -2.19. The van der Waals surface area contributed by atoms with Crippen LogP contribution in [0, 0.1) is 25.0 Å². The number of nitrogens with zero attached hydrogens (tertiary/aromatic N) is 4. The number of nitro benzene ring substituents is 1. The molecule has 1 atom stereocenters. The van der Waals surface area contributed by atoms with Gasteiger partial charge in [-0.2, -0.15) is 5.26 Å². The highest BCUT2D eigenvalue weighted by Gasteiger charge is 2.21. The van der Waals surface area contributed by atoms with Gasteiger partial charge in [-0.15, -0.1) is 0 Å². The minimum atomic E-state index is -0.468. The molecule has 0 aliphatic heterocycles. The van der Waals surface area contributed by atoms with Crippen LogP contribution in [0.5, 0.6) is 0 Å². The average Bonchev–Trinajstić information content (AvgIpc) is 3.09. The molecule has 1 unspecified atom stereocenters. The lowest BCUT2D eigenvalue weighted by Crippen LogP contribution is -2.11. The van der Waals surface area contributed by atoms with Crippen molar-refractivity contribution in [3.05, 3.63) is 91.1 Å². The van der Waals surface area contributed by atoms with Gasteiger partial charge in [-0.25, -0.2) is 4.98 Å². The van der Waals surface area contributed by atoms with Crippen LogP contribution >= 0.6 is 22.6 Å². The summed E-state index contributed by atoms with van der Waals surface area (Å²) in [6.45, 7) is 0.0725. The quantitative estimate of drug-likeness (QED) is 0.305. The van der Waals surface area contributed by atoms with Gasteiger partial charge in [0.25, 0.3) is 5.69 Å². The van der Waals surface area contributed by atoms with Crippen LogP contribution in [-0.2, 0) is 18.4 Å². The molecule has 0 fully saturated rings. The van der Waals surface area contributed by atoms with Crippen molar-refractivity contribution in [2.24, 2.45) is 7.05 Å². The Kier molecular flexibility index (Phi) is 5.83. The van der Waals surface area contributed by atoms with Crippen molar-refractivity contribution in [3.8, 4) is 6.07 Å². The Morgan fingerprint density at radius 2 is 2.07 bits per heavy atom. The molecule has 0 saturated heterocycles. The summed E-state index contributed by atoms with van der Waals surface area (Å²) in [7, 11) is 1.86. The second kappa shape index (κ2) is 8.28. The summed E-state index contributed by atoms with van der Waals surface area (Å²) in [5.74, 6) is 0. The van der Waals surface area contributed by atoms with E-state index in [1.807, 2.05) is 52.4 Å². The molecule has 0 spiro atoms. The Morgan fingerprint density at radius 1 is 1.33 bits per heavy atom. The van der Waals surface area contributed by atoms with Crippen LogP contribution in [0.1, 0.15) is 28.5 Å². The Morgan fingerprint density at radius 3 is 2.67 bits per heavy atom. The molecule has 136 valence electrons. The van der Waals surface area contributed by atoms with Crippen molar-refractivity contribution in [2.75, 3.05) is 0 Å². The fraction of sp³-hybridized carbons (Fsp3) is 0.158. The van der Waals surface area contributed by atoms with Crippen molar-refractivity contribution in [3.63, 3.8) is 0 Å². The molecule has 7 nitrogen and oxygen atoms in total. The number of benzene rings is 2. The molecule has 3 aromatic rings. The predicted octanol–water partition coefficient (Wildman–Crippen LogP) is 4.11. The number of imidazole rings is 1. The van der Waals surface area contributed by atoms with E-state index in [0.29, 0.717) is 11.1 Å². The summed E-state index contributed by atoms with van der Waals surface area (Å²) in [5, 5.41) is 20.3. The van der Waals surface area contributed by atoms with Crippen molar-refractivity contribution in [1.82, 2.24) is 9.55 Å². The van der Waals surface area contributed by atoms with Gasteiger partial charge in [-0.1, -0.05) is 12.1 Å². The normalized spacial score (nSPS) is 11.7. The molecule has 0 radical (unpaired) electrons. The van der Waals surface area contributed by atoms with Gasteiger partial charge in [-0.05, 0) is 52.4 Å². The molecule has 0 amide bonds. The van der Waals surface area contributed by atoms with Crippen molar-refractivity contribution in [1.29, 1.82) is 5.26 Å². The number of aromatic nitrogens is 2. The first-order valence-electron chi connectivity index (χ1n) is 8.00. The molecule has 27 heavy (non-hydrogen) atoms. The van der Waals surface area contributed by atoms with E-state index in [4.69, 9.17) is 10.00 Å². The number of nitriles is 1. The average molecular weight is 474 g/mol. The van der Waals surface area contributed by atoms with E-state index in [0.717, 1.165) is 14.8 Å². The molecule has 0 bridgehead atoms. The summed E-state index contributed by atoms with van der Waals surface area (Å²) < 4.78 is 8.72. The summed E-state index contributed by atoms with van der Waals surface area (Å²) in [6, 6.07) is 14.2.